The second kappa shape index (κ2) is 12.1. The van der Waals surface area contributed by atoms with Crippen LogP contribution in [-0.2, 0) is 32.2 Å². The largest absolute Gasteiger partial charge is 0.472 e. The minimum absolute atomic E-state index is 0.0136. The average molecular weight is 698 g/mol. The number of nitrogens with two attached hydrogens (primary N) is 1. The second-order valence-electron chi connectivity index (χ2n) is 11.7. The number of aromatic nitrogens is 8. The lowest BCUT2D eigenvalue weighted by Crippen LogP contribution is -2.32. The highest BCUT2D eigenvalue weighted by Crippen LogP contribution is 2.55. The number of nitrogens with zero attached hydrogens (tertiary/aromatic N) is 7. The summed E-state index contributed by atoms with van der Waals surface area (Å²) < 4.78 is 59.1. The molecule has 0 spiro atoms. The molecule has 47 heavy (non-hydrogen) atoms. The zero-order valence-electron chi connectivity index (χ0n) is 25.1. The smallest absolute Gasteiger partial charge is 0.388 e. The number of aromatic amines is 1. The first-order valence-corrected chi connectivity index (χ1v) is 18.1. The van der Waals surface area contributed by atoms with Crippen molar-refractivity contribution in [3.05, 3.63) is 35.2 Å². The highest BCUT2D eigenvalue weighted by molar-refractivity contribution is 7.52. The number of phosphoric acid groups is 1. The average Bonchev–Trinajstić information content (AvgIpc) is 3.76. The van der Waals surface area contributed by atoms with Gasteiger partial charge in [-0.25, -0.2) is 29.5 Å². The standard InChI is InChI=1S/C25H33N9O11P2/c1-3-4-12-14-5-41-46(37,38)7-13-15(43-24(18(13)35)33-9-29-16-20(26)27-8-28-21(16)33)6-42-47(39,40)45-19(12)25(44-14)34-10-30-17-22(34)31-11(2)32-23(17)36/h8-10,12-15,18-19,24-25,35H,3-7H2,1-2H3,(H,37,38)(H,39,40)(H2,26,27,28)(H,31,32,36)/t12?,13-,14+,15+,18?,19-,24+,25+/m0/s1. The zero-order valence-corrected chi connectivity index (χ0v) is 26.9. The minimum Gasteiger partial charge on any atom is -0.388 e. The van der Waals surface area contributed by atoms with Crippen LogP contribution in [0.1, 0.15) is 38.0 Å². The summed E-state index contributed by atoms with van der Waals surface area (Å²) in [6.07, 6.45) is -2.75. The van der Waals surface area contributed by atoms with E-state index in [0.717, 1.165) is 0 Å². The maximum Gasteiger partial charge on any atom is 0.472 e. The van der Waals surface area contributed by atoms with Crippen LogP contribution in [0.2, 0.25) is 0 Å². The van der Waals surface area contributed by atoms with Gasteiger partial charge in [-0.15, -0.1) is 0 Å². The lowest BCUT2D eigenvalue weighted by molar-refractivity contribution is -0.0596. The van der Waals surface area contributed by atoms with Crippen molar-refractivity contribution < 1.29 is 47.1 Å². The van der Waals surface area contributed by atoms with Crippen molar-refractivity contribution in [2.24, 2.45) is 11.8 Å². The van der Waals surface area contributed by atoms with Gasteiger partial charge in [-0.2, -0.15) is 0 Å². The van der Waals surface area contributed by atoms with Gasteiger partial charge in [0.15, 0.2) is 35.1 Å². The molecule has 0 aliphatic carbocycles. The van der Waals surface area contributed by atoms with Crippen molar-refractivity contribution in [1.82, 2.24) is 39.0 Å². The molecule has 20 nitrogen and oxygen atoms in total. The molecule has 4 unspecified atom stereocenters. The number of aliphatic hydroxyl groups is 1. The summed E-state index contributed by atoms with van der Waals surface area (Å²) in [5.74, 6) is -1.33. The Bertz CT molecular complexity index is 1970. The van der Waals surface area contributed by atoms with Gasteiger partial charge in [0.2, 0.25) is 0 Å². The van der Waals surface area contributed by atoms with Crippen molar-refractivity contribution in [3.8, 4) is 0 Å². The van der Waals surface area contributed by atoms with E-state index in [1.807, 2.05) is 6.92 Å². The lowest BCUT2D eigenvalue weighted by atomic mass is 9.93. The van der Waals surface area contributed by atoms with Gasteiger partial charge in [0.1, 0.15) is 29.9 Å². The van der Waals surface area contributed by atoms with E-state index in [0.29, 0.717) is 18.7 Å². The number of hydrogen-bond donors (Lipinski definition) is 5. The van der Waals surface area contributed by atoms with E-state index in [9.17, 15) is 28.8 Å². The first-order chi connectivity index (χ1) is 22.4. The van der Waals surface area contributed by atoms with E-state index in [2.05, 4.69) is 29.9 Å². The Balaban J connectivity index is 1.23. The molecular weight excluding hydrogens is 664 g/mol. The quantitative estimate of drug-likeness (QED) is 0.184. The van der Waals surface area contributed by atoms with Gasteiger partial charge in [-0.1, -0.05) is 13.3 Å². The van der Waals surface area contributed by atoms with Crippen LogP contribution < -0.4 is 11.3 Å². The summed E-state index contributed by atoms with van der Waals surface area (Å²) >= 11 is 0. The fraction of sp³-hybridized carbons (Fsp3) is 0.600. The Morgan fingerprint density at radius 3 is 2.47 bits per heavy atom. The fourth-order valence-electron chi connectivity index (χ4n) is 6.53. The van der Waals surface area contributed by atoms with Gasteiger partial charge in [-0.3, -0.25) is 27.5 Å². The van der Waals surface area contributed by atoms with Crippen molar-refractivity contribution in [2.45, 2.75) is 63.6 Å². The molecule has 2 bridgehead atoms. The zero-order chi connectivity index (χ0) is 33.2. The first kappa shape index (κ1) is 32.4. The lowest BCUT2D eigenvalue weighted by Gasteiger charge is -2.27. The number of anilines is 1. The van der Waals surface area contributed by atoms with Gasteiger partial charge in [0.05, 0.1) is 44.2 Å². The number of phosphoric ester groups is 1. The number of rotatable bonds is 4. The van der Waals surface area contributed by atoms with E-state index >= 15 is 0 Å². The van der Waals surface area contributed by atoms with Gasteiger partial charge >= 0.3 is 15.4 Å². The monoisotopic (exact) mass is 697 g/mol. The van der Waals surface area contributed by atoms with Crippen LogP contribution in [0.25, 0.3) is 22.3 Å². The molecule has 4 aromatic rings. The molecule has 3 aliphatic heterocycles. The Kier molecular flexibility index (Phi) is 8.31. The molecule has 3 fully saturated rings. The van der Waals surface area contributed by atoms with E-state index in [1.165, 1.54) is 28.1 Å². The fourth-order valence-corrected chi connectivity index (χ4v) is 8.96. The number of hydrogen-bond acceptors (Lipinski definition) is 15. The maximum absolute atomic E-state index is 13.6. The van der Waals surface area contributed by atoms with Gasteiger partial charge < -0.3 is 39.6 Å². The van der Waals surface area contributed by atoms with Crippen LogP contribution in [0.4, 0.5) is 5.82 Å². The molecule has 6 N–H and O–H groups in total. The highest BCUT2D eigenvalue weighted by Gasteiger charge is 2.53. The molecule has 4 aromatic heterocycles. The molecular formula is C25H33N9O11P2. The first-order valence-electron chi connectivity index (χ1n) is 14.8. The van der Waals surface area contributed by atoms with E-state index in [1.54, 1.807) is 6.92 Å². The molecule has 22 heteroatoms. The van der Waals surface area contributed by atoms with Crippen molar-refractivity contribution in [2.75, 3.05) is 25.1 Å². The summed E-state index contributed by atoms with van der Waals surface area (Å²) in [7, 11) is -9.35. The predicted octanol–water partition coefficient (Wildman–Crippen LogP) is 0.756. The third-order valence-corrected chi connectivity index (χ3v) is 11.1. The van der Waals surface area contributed by atoms with E-state index in [-0.39, 0.29) is 28.1 Å². The Labute approximate surface area is 265 Å². The van der Waals surface area contributed by atoms with Crippen molar-refractivity contribution >= 4 is 43.6 Å². The number of ether oxygens (including phenoxy) is 2. The number of nitrogens with one attached hydrogen (secondary N) is 1. The topological polar surface area (TPSA) is 274 Å². The molecule has 3 saturated heterocycles. The molecule has 10 atom stereocenters. The van der Waals surface area contributed by atoms with Crippen LogP contribution in [0.15, 0.2) is 23.8 Å². The number of aliphatic hydroxyl groups excluding tert-OH is 1. The third-order valence-electron chi connectivity index (χ3n) is 8.66. The number of fused-ring (bicyclic) bond motifs is 5. The Morgan fingerprint density at radius 2 is 1.70 bits per heavy atom. The second-order valence-corrected chi connectivity index (χ2v) is 15.1. The molecule has 0 amide bonds. The van der Waals surface area contributed by atoms with Gasteiger partial charge in [-0.05, 0) is 13.3 Å². The van der Waals surface area contributed by atoms with Gasteiger partial charge in [0, 0.05) is 11.8 Å². The van der Waals surface area contributed by atoms with Crippen LogP contribution >= 0.6 is 15.4 Å². The molecule has 3 aliphatic rings. The van der Waals surface area contributed by atoms with Gasteiger partial charge in [0.25, 0.3) is 5.56 Å². The number of nitrogen functional groups attached to an aromatic ring is 1. The number of aryl methyl sites for hydroxylation is 1. The van der Waals surface area contributed by atoms with Crippen LogP contribution in [0.5, 0.6) is 0 Å². The van der Waals surface area contributed by atoms with E-state index < -0.39 is 89.1 Å². The van der Waals surface area contributed by atoms with Crippen molar-refractivity contribution in [1.29, 1.82) is 0 Å². The number of H-pyrrole nitrogens is 1. The molecule has 0 aromatic carbocycles. The predicted molar refractivity (Wildman–Crippen MR) is 160 cm³/mol. The Morgan fingerprint density at radius 1 is 1.00 bits per heavy atom. The molecule has 7 rings (SSSR count). The summed E-state index contributed by atoms with van der Waals surface area (Å²) in [6, 6.07) is 0. The number of imidazole rings is 2. The minimum atomic E-state index is -4.90. The third kappa shape index (κ3) is 5.92. The van der Waals surface area contributed by atoms with Crippen LogP contribution in [0.3, 0.4) is 0 Å². The molecule has 0 saturated carbocycles. The molecule has 7 heterocycles. The SMILES string of the molecule is CCCC1[C@H]2COP(=O)(O)C[C@@H]3C(O)[C@H](n4cnc5c(N)ncnc54)O[C@@H]3COP(=O)(O)O[C@@H]1[C@H](n1cnc3c(=O)[nH]c(C)nc31)O2. The maximum atomic E-state index is 13.6. The highest BCUT2D eigenvalue weighted by atomic mass is 31.2. The van der Waals surface area contributed by atoms with E-state index in [4.69, 9.17) is 28.8 Å². The molecule has 0 radical (unpaired) electrons. The summed E-state index contributed by atoms with van der Waals surface area (Å²) in [5.41, 5.74) is 6.05. The summed E-state index contributed by atoms with van der Waals surface area (Å²) in [4.78, 5) is 57.9. The summed E-state index contributed by atoms with van der Waals surface area (Å²) in [6.45, 7) is 2.47. The normalized spacial score (nSPS) is 36.6. The van der Waals surface area contributed by atoms with Crippen molar-refractivity contribution in [3.63, 3.8) is 0 Å². The molecule has 254 valence electrons. The van der Waals surface area contributed by atoms with Crippen LogP contribution in [-0.4, -0.2) is 97.7 Å². The summed E-state index contributed by atoms with van der Waals surface area (Å²) in [5, 5.41) is 11.4. The Hall–Kier alpha value is -3.16. The van der Waals surface area contributed by atoms with Crippen LogP contribution in [0, 0.1) is 18.8 Å².